The highest BCUT2D eigenvalue weighted by atomic mass is 16.5. The monoisotopic (exact) mass is 333 g/mol. The highest BCUT2D eigenvalue weighted by Gasteiger charge is 2.23. The molecule has 0 N–H and O–H groups in total. The Morgan fingerprint density at radius 1 is 1.17 bits per heavy atom. The Bertz CT molecular complexity index is 591. The first kappa shape index (κ1) is 17.8. The Balaban J connectivity index is 1.86. The first-order chi connectivity index (χ1) is 11.6. The Kier molecular flexibility index (Phi) is 6.66. The van der Waals surface area contributed by atoms with Crippen LogP contribution in [0.3, 0.4) is 0 Å². The summed E-state index contributed by atoms with van der Waals surface area (Å²) in [7, 11) is 1.28. The van der Waals surface area contributed by atoms with Gasteiger partial charge in [-0.15, -0.1) is 0 Å². The second-order valence-electron chi connectivity index (χ2n) is 5.38. The largest absolute Gasteiger partial charge is 0.490 e. The molecule has 0 unspecified atom stereocenters. The summed E-state index contributed by atoms with van der Waals surface area (Å²) in [5.41, 5.74) is 0. The van der Waals surface area contributed by atoms with Crippen molar-refractivity contribution in [1.29, 1.82) is 0 Å². The lowest BCUT2D eigenvalue weighted by molar-refractivity contribution is -0.135. The summed E-state index contributed by atoms with van der Waals surface area (Å²) >= 11 is 0. The minimum atomic E-state index is -0.533. The Hall–Kier alpha value is -2.50. The van der Waals surface area contributed by atoms with Gasteiger partial charge in [0.05, 0.1) is 13.7 Å². The molecule has 6 nitrogen and oxygen atoms in total. The van der Waals surface area contributed by atoms with Crippen LogP contribution in [0.25, 0.3) is 0 Å². The molecular formula is C18H23NO5. The van der Waals surface area contributed by atoms with Gasteiger partial charge in [0.1, 0.15) is 6.10 Å². The molecule has 0 atom stereocenters. The standard InChI is InChI=1S/C18H23NO5/c1-3-23-15-6-4-5-7-16(15)24-14-10-12-19(13-11-14)17(20)8-9-18(21)22-2/h4-9,14H,3,10-13H2,1-2H3/b9-8+. The van der Waals surface area contributed by atoms with Crippen LogP contribution in [0.15, 0.2) is 36.4 Å². The van der Waals surface area contributed by atoms with Crippen molar-refractivity contribution in [2.45, 2.75) is 25.9 Å². The summed E-state index contributed by atoms with van der Waals surface area (Å²) in [5, 5.41) is 0. The van der Waals surface area contributed by atoms with Crippen LogP contribution in [0.4, 0.5) is 0 Å². The lowest BCUT2D eigenvalue weighted by Crippen LogP contribution is -2.41. The third-order valence-electron chi connectivity index (χ3n) is 3.76. The van der Waals surface area contributed by atoms with Gasteiger partial charge in [0.2, 0.25) is 5.91 Å². The van der Waals surface area contributed by atoms with E-state index in [1.165, 1.54) is 13.2 Å². The van der Waals surface area contributed by atoms with E-state index in [2.05, 4.69) is 4.74 Å². The van der Waals surface area contributed by atoms with Gasteiger partial charge in [0.25, 0.3) is 0 Å². The third kappa shape index (κ3) is 5.01. The van der Waals surface area contributed by atoms with Crippen molar-refractivity contribution < 1.29 is 23.8 Å². The first-order valence-electron chi connectivity index (χ1n) is 8.07. The molecule has 1 heterocycles. The summed E-state index contributed by atoms with van der Waals surface area (Å²) in [6, 6.07) is 7.59. The van der Waals surface area contributed by atoms with Crippen LogP contribution >= 0.6 is 0 Å². The summed E-state index contributed by atoms with van der Waals surface area (Å²) in [5.74, 6) is 0.747. The molecular weight excluding hydrogens is 310 g/mol. The second kappa shape index (κ2) is 8.96. The van der Waals surface area contributed by atoms with E-state index in [4.69, 9.17) is 9.47 Å². The molecule has 24 heavy (non-hydrogen) atoms. The number of ether oxygens (including phenoxy) is 3. The molecule has 0 bridgehead atoms. The number of esters is 1. The van der Waals surface area contributed by atoms with Crippen LogP contribution in [0, 0.1) is 0 Å². The number of hydrogen-bond donors (Lipinski definition) is 0. The maximum absolute atomic E-state index is 12.0. The van der Waals surface area contributed by atoms with Gasteiger partial charge in [-0.25, -0.2) is 4.79 Å². The zero-order valence-electron chi connectivity index (χ0n) is 14.1. The molecule has 6 heteroatoms. The molecule has 1 aromatic rings. The fraction of sp³-hybridized carbons (Fsp3) is 0.444. The number of para-hydroxylation sites is 2. The normalized spacial score (nSPS) is 15.3. The molecule has 1 amide bonds. The Morgan fingerprint density at radius 3 is 2.46 bits per heavy atom. The minimum Gasteiger partial charge on any atom is -0.490 e. The lowest BCUT2D eigenvalue weighted by Gasteiger charge is -2.31. The molecule has 0 radical (unpaired) electrons. The smallest absolute Gasteiger partial charge is 0.330 e. The Morgan fingerprint density at radius 2 is 1.83 bits per heavy atom. The van der Waals surface area contributed by atoms with Crippen molar-refractivity contribution in [3.63, 3.8) is 0 Å². The molecule has 1 aliphatic heterocycles. The molecule has 130 valence electrons. The van der Waals surface area contributed by atoms with Gasteiger partial charge in [0.15, 0.2) is 11.5 Å². The number of likely N-dealkylation sites (tertiary alicyclic amines) is 1. The molecule has 2 rings (SSSR count). The van der Waals surface area contributed by atoms with Crippen molar-refractivity contribution in [3.05, 3.63) is 36.4 Å². The number of hydrogen-bond acceptors (Lipinski definition) is 5. The number of piperidine rings is 1. The van der Waals surface area contributed by atoms with E-state index in [1.54, 1.807) is 4.90 Å². The predicted octanol–water partition coefficient (Wildman–Crippen LogP) is 2.18. The predicted molar refractivity (Wildman–Crippen MR) is 89.0 cm³/mol. The molecule has 1 aliphatic rings. The number of nitrogens with zero attached hydrogens (tertiary/aromatic N) is 1. The zero-order chi connectivity index (χ0) is 17.4. The van der Waals surface area contributed by atoms with Gasteiger partial charge >= 0.3 is 5.97 Å². The van der Waals surface area contributed by atoms with Crippen molar-refractivity contribution in [3.8, 4) is 11.5 Å². The van der Waals surface area contributed by atoms with Crippen molar-refractivity contribution in [1.82, 2.24) is 4.90 Å². The van der Waals surface area contributed by atoms with Crippen LogP contribution in [0.1, 0.15) is 19.8 Å². The van der Waals surface area contributed by atoms with Crippen LogP contribution < -0.4 is 9.47 Å². The maximum atomic E-state index is 12.0. The van der Waals surface area contributed by atoms with Gasteiger partial charge in [-0.3, -0.25) is 4.79 Å². The average Bonchev–Trinajstić information content (AvgIpc) is 2.62. The molecule has 1 fully saturated rings. The zero-order valence-corrected chi connectivity index (χ0v) is 14.1. The number of methoxy groups -OCH3 is 1. The molecule has 0 spiro atoms. The summed E-state index contributed by atoms with van der Waals surface area (Å²) in [6.45, 7) is 3.69. The van der Waals surface area contributed by atoms with E-state index in [0.29, 0.717) is 19.7 Å². The van der Waals surface area contributed by atoms with E-state index in [9.17, 15) is 9.59 Å². The molecule has 0 aliphatic carbocycles. The number of carbonyl (C=O) groups is 2. The fourth-order valence-corrected chi connectivity index (χ4v) is 2.51. The SMILES string of the molecule is CCOc1ccccc1OC1CCN(C(=O)/C=C/C(=O)OC)CC1. The van der Waals surface area contributed by atoms with E-state index < -0.39 is 5.97 Å². The summed E-state index contributed by atoms with van der Waals surface area (Å²) in [6.07, 6.45) is 3.90. The van der Waals surface area contributed by atoms with E-state index in [0.717, 1.165) is 30.4 Å². The van der Waals surface area contributed by atoms with E-state index in [-0.39, 0.29) is 12.0 Å². The van der Waals surface area contributed by atoms with E-state index in [1.807, 2.05) is 31.2 Å². The summed E-state index contributed by atoms with van der Waals surface area (Å²) < 4.78 is 16.1. The number of carbonyl (C=O) groups excluding carboxylic acids is 2. The average molecular weight is 333 g/mol. The van der Waals surface area contributed by atoms with Gasteiger partial charge in [-0.2, -0.15) is 0 Å². The van der Waals surface area contributed by atoms with Crippen molar-refractivity contribution in [2.24, 2.45) is 0 Å². The van der Waals surface area contributed by atoms with Crippen LogP contribution in [-0.4, -0.2) is 49.7 Å². The van der Waals surface area contributed by atoms with E-state index >= 15 is 0 Å². The highest BCUT2D eigenvalue weighted by Crippen LogP contribution is 2.29. The molecule has 0 aromatic heterocycles. The number of benzene rings is 1. The maximum Gasteiger partial charge on any atom is 0.330 e. The molecule has 1 aromatic carbocycles. The topological polar surface area (TPSA) is 65.1 Å². The van der Waals surface area contributed by atoms with Gasteiger partial charge in [0, 0.05) is 38.1 Å². The van der Waals surface area contributed by atoms with Crippen molar-refractivity contribution in [2.75, 3.05) is 26.8 Å². The first-order valence-corrected chi connectivity index (χ1v) is 8.07. The minimum absolute atomic E-state index is 0.0419. The van der Waals surface area contributed by atoms with Crippen LogP contribution in [-0.2, 0) is 14.3 Å². The van der Waals surface area contributed by atoms with Crippen LogP contribution in [0.5, 0.6) is 11.5 Å². The lowest BCUT2D eigenvalue weighted by atomic mass is 10.1. The van der Waals surface area contributed by atoms with Crippen molar-refractivity contribution >= 4 is 11.9 Å². The van der Waals surface area contributed by atoms with Gasteiger partial charge in [-0.05, 0) is 19.1 Å². The number of rotatable bonds is 6. The third-order valence-corrected chi connectivity index (χ3v) is 3.76. The van der Waals surface area contributed by atoms with Crippen LogP contribution in [0.2, 0.25) is 0 Å². The molecule has 1 saturated heterocycles. The van der Waals surface area contributed by atoms with Gasteiger partial charge < -0.3 is 19.1 Å². The Labute approximate surface area is 142 Å². The second-order valence-corrected chi connectivity index (χ2v) is 5.38. The highest BCUT2D eigenvalue weighted by molar-refractivity contribution is 5.94. The quantitative estimate of drug-likeness (QED) is 0.590. The number of amides is 1. The summed E-state index contributed by atoms with van der Waals surface area (Å²) in [4.78, 5) is 24.7. The fourth-order valence-electron chi connectivity index (χ4n) is 2.51. The molecule has 0 saturated carbocycles. The van der Waals surface area contributed by atoms with Gasteiger partial charge in [-0.1, -0.05) is 12.1 Å².